The van der Waals surface area contributed by atoms with Crippen molar-refractivity contribution in [3.63, 3.8) is 0 Å². The normalized spacial score (nSPS) is 25.8. The Morgan fingerprint density at radius 2 is 1.88 bits per heavy atom. The summed E-state index contributed by atoms with van der Waals surface area (Å²) >= 11 is 0. The molecule has 2 fully saturated rings. The molecule has 0 N–H and O–H groups in total. The SMILES string of the molecule is C[C@H]1C(=O)N2CCC[C@H]2CN1S(=O)(=O)c1ccccc1C(F)(F)F. The number of hydrogen-bond donors (Lipinski definition) is 0. The van der Waals surface area contributed by atoms with Crippen LogP contribution in [0.25, 0.3) is 0 Å². The largest absolute Gasteiger partial charge is 0.417 e. The predicted molar refractivity (Wildman–Crippen MR) is 79.5 cm³/mol. The van der Waals surface area contributed by atoms with E-state index in [1.54, 1.807) is 4.90 Å². The molecule has 3 rings (SSSR count). The van der Waals surface area contributed by atoms with E-state index < -0.39 is 32.7 Å². The third kappa shape index (κ3) is 2.69. The molecule has 1 aromatic carbocycles. The number of carbonyl (C=O) groups excluding carboxylic acids is 1. The van der Waals surface area contributed by atoms with Gasteiger partial charge in [-0.15, -0.1) is 0 Å². The Balaban J connectivity index is 2.04. The summed E-state index contributed by atoms with van der Waals surface area (Å²) in [5.41, 5.74) is -1.21. The molecule has 2 atom stereocenters. The molecule has 0 radical (unpaired) electrons. The summed E-state index contributed by atoms with van der Waals surface area (Å²) in [5, 5.41) is 0. The molecule has 24 heavy (non-hydrogen) atoms. The lowest BCUT2D eigenvalue weighted by atomic mass is 10.1. The topological polar surface area (TPSA) is 57.7 Å². The quantitative estimate of drug-likeness (QED) is 0.810. The highest BCUT2D eigenvalue weighted by molar-refractivity contribution is 7.89. The summed E-state index contributed by atoms with van der Waals surface area (Å²) in [6, 6.07) is 2.81. The molecule has 0 spiro atoms. The maximum Gasteiger partial charge on any atom is 0.417 e. The lowest BCUT2D eigenvalue weighted by molar-refractivity contribution is -0.140. The number of benzene rings is 1. The minimum Gasteiger partial charge on any atom is -0.337 e. The predicted octanol–water partition coefficient (Wildman–Crippen LogP) is 2.09. The third-order valence-electron chi connectivity index (χ3n) is 4.62. The van der Waals surface area contributed by atoms with Gasteiger partial charge < -0.3 is 4.90 Å². The first-order valence-electron chi connectivity index (χ1n) is 7.62. The van der Waals surface area contributed by atoms with Crippen molar-refractivity contribution in [2.45, 2.75) is 42.9 Å². The molecule has 1 aromatic rings. The monoisotopic (exact) mass is 362 g/mol. The zero-order valence-corrected chi connectivity index (χ0v) is 13.8. The van der Waals surface area contributed by atoms with E-state index in [2.05, 4.69) is 0 Å². The van der Waals surface area contributed by atoms with Crippen molar-refractivity contribution in [2.24, 2.45) is 0 Å². The number of carbonyl (C=O) groups is 1. The first-order valence-corrected chi connectivity index (χ1v) is 9.06. The van der Waals surface area contributed by atoms with E-state index in [4.69, 9.17) is 0 Å². The highest BCUT2D eigenvalue weighted by Gasteiger charge is 2.47. The fourth-order valence-electron chi connectivity index (χ4n) is 3.40. The molecule has 2 aliphatic heterocycles. The standard InChI is InChI=1S/C15H17F3N2O3S/c1-10-14(21)19-8-4-5-11(19)9-20(10)24(22,23)13-7-3-2-6-12(13)15(16,17)18/h2-3,6-7,10-11H,4-5,8-9H2,1H3/t10-,11-/m0/s1. The van der Waals surface area contributed by atoms with Crippen molar-refractivity contribution in [1.29, 1.82) is 0 Å². The Morgan fingerprint density at radius 3 is 2.54 bits per heavy atom. The summed E-state index contributed by atoms with van der Waals surface area (Å²) in [6.07, 6.45) is -3.35. The fourth-order valence-corrected chi connectivity index (χ4v) is 5.24. The molecule has 0 aromatic heterocycles. The lowest BCUT2D eigenvalue weighted by Crippen LogP contribution is -2.60. The second-order valence-electron chi connectivity index (χ2n) is 6.07. The van der Waals surface area contributed by atoms with Crippen molar-refractivity contribution >= 4 is 15.9 Å². The van der Waals surface area contributed by atoms with Crippen LogP contribution in [0.3, 0.4) is 0 Å². The van der Waals surface area contributed by atoms with Crippen LogP contribution in [0, 0.1) is 0 Å². The molecular formula is C15H17F3N2O3S. The Morgan fingerprint density at radius 1 is 1.21 bits per heavy atom. The Bertz CT molecular complexity index is 763. The van der Waals surface area contributed by atoms with Gasteiger partial charge in [-0.25, -0.2) is 8.42 Å². The van der Waals surface area contributed by atoms with E-state index in [0.29, 0.717) is 13.0 Å². The molecule has 0 unspecified atom stereocenters. The van der Waals surface area contributed by atoms with Gasteiger partial charge in [0, 0.05) is 19.1 Å². The summed E-state index contributed by atoms with van der Waals surface area (Å²) in [5.74, 6) is -0.350. The molecule has 0 bridgehead atoms. The zero-order valence-electron chi connectivity index (χ0n) is 13.0. The number of amides is 1. The third-order valence-corrected chi connectivity index (χ3v) is 6.61. The van der Waals surface area contributed by atoms with Crippen LogP contribution in [-0.4, -0.2) is 48.7 Å². The molecule has 1 amide bonds. The van der Waals surface area contributed by atoms with E-state index in [-0.39, 0.29) is 18.5 Å². The summed E-state index contributed by atoms with van der Waals surface area (Å²) < 4.78 is 66.1. The highest BCUT2D eigenvalue weighted by Crippen LogP contribution is 2.37. The number of hydrogen-bond acceptors (Lipinski definition) is 3. The van der Waals surface area contributed by atoms with E-state index in [0.717, 1.165) is 28.9 Å². The van der Waals surface area contributed by atoms with E-state index >= 15 is 0 Å². The van der Waals surface area contributed by atoms with Crippen LogP contribution in [0.4, 0.5) is 13.2 Å². The van der Waals surface area contributed by atoms with E-state index in [9.17, 15) is 26.4 Å². The Hall–Kier alpha value is -1.61. The van der Waals surface area contributed by atoms with Crippen LogP contribution < -0.4 is 0 Å². The minimum absolute atomic E-state index is 0.0292. The van der Waals surface area contributed by atoms with E-state index in [1.165, 1.54) is 13.0 Å². The average Bonchev–Trinajstić information content (AvgIpc) is 2.98. The summed E-state index contributed by atoms with van der Waals surface area (Å²) in [7, 11) is -4.43. The Labute approximate surface area is 138 Å². The first kappa shape index (κ1) is 17.2. The van der Waals surface area contributed by atoms with Gasteiger partial charge in [0.1, 0.15) is 6.04 Å². The average molecular weight is 362 g/mol. The van der Waals surface area contributed by atoms with E-state index in [1.807, 2.05) is 0 Å². The minimum atomic E-state index is -4.79. The number of nitrogens with zero attached hydrogens (tertiary/aromatic N) is 2. The molecule has 2 aliphatic rings. The van der Waals surface area contributed by atoms with Crippen molar-refractivity contribution in [1.82, 2.24) is 9.21 Å². The maximum atomic E-state index is 13.2. The molecule has 2 heterocycles. The van der Waals surface area contributed by atoms with Gasteiger partial charge in [-0.2, -0.15) is 17.5 Å². The number of rotatable bonds is 2. The molecule has 0 aliphatic carbocycles. The van der Waals surface area contributed by atoms with Crippen LogP contribution in [0.2, 0.25) is 0 Å². The van der Waals surface area contributed by atoms with Crippen molar-refractivity contribution in [3.05, 3.63) is 29.8 Å². The van der Waals surface area contributed by atoms with Crippen LogP contribution in [0.5, 0.6) is 0 Å². The highest BCUT2D eigenvalue weighted by atomic mass is 32.2. The maximum absolute atomic E-state index is 13.2. The lowest BCUT2D eigenvalue weighted by Gasteiger charge is -2.40. The molecular weight excluding hydrogens is 345 g/mol. The van der Waals surface area contributed by atoms with Gasteiger partial charge in [-0.1, -0.05) is 12.1 Å². The zero-order chi connectivity index (χ0) is 17.7. The second-order valence-corrected chi connectivity index (χ2v) is 7.93. The van der Waals surface area contributed by atoms with Gasteiger partial charge >= 0.3 is 6.18 Å². The number of halogens is 3. The van der Waals surface area contributed by atoms with Crippen LogP contribution in [0.1, 0.15) is 25.3 Å². The van der Waals surface area contributed by atoms with Gasteiger partial charge in [0.15, 0.2) is 0 Å². The fraction of sp³-hybridized carbons (Fsp3) is 0.533. The van der Waals surface area contributed by atoms with Gasteiger partial charge in [0.05, 0.1) is 10.5 Å². The molecule has 2 saturated heterocycles. The molecule has 132 valence electrons. The van der Waals surface area contributed by atoms with Crippen LogP contribution in [-0.2, 0) is 21.0 Å². The van der Waals surface area contributed by atoms with Gasteiger partial charge in [-0.05, 0) is 31.9 Å². The van der Waals surface area contributed by atoms with Crippen molar-refractivity contribution in [3.8, 4) is 0 Å². The Kier molecular flexibility index (Phi) is 4.11. The van der Waals surface area contributed by atoms with Crippen LogP contribution >= 0.6 is 0 Å². The summed E-state index contributed by atoms with van der Waals surface area (Å²) in [4.78, 5) is 13.2. The van der Waals surface area contributed by atoms with Gasteiger partial charge in [-0.3, -0.25) is 4.79 Å². The summed E-state index contributed by atoms with van der Waals surface area (Å²) in [6.45, 7) is 2.02. The first-order chi connectivity index (χ1) is 11.1. The molecule has 0 saturated carbocycles. The smallest absolute Gasteiger partial charge is 0.337 e. The molecule has 5 nitrogen and oxygen atoms in total. The number of alkyl halides is 3. The number of piperazine rings is 1. The molecule has 9 heteroatoms. The number of sulfonamides is 1. The van der Waals surface area contributed by atoms with Crippen molar-refractivity contribution in [2.75, 3.05) is 13.1 Å². The second kappa shape index (κ2) is 5.73. The van der Waals surface area contributed by atoms with Crippen molar-refractivity contribution < 1.29 is 26.4 Å². The van der Waals surface area contributed by atoms with Crippen LogP contribution in [0.15, 0.2) is 29.2 Å². The number of fused-ring (bicyclic) bond motifs is 1. The van der Waals surface area contributed by atoms with Gasteiger partial charge in [0.2, 0.25) is 15.9 Å². The van der Waals surface area contributed by atoms with Gasteiger partial charge in [0.25, 0.3) is 0 Å².